The Morgan fingerprint density at radius 3 is 2.00 bits per heavy atom. The zero-order valence-corrected chi connectivity index (χ0v) is 24.3. The first-order valence-corrected chi connectivity index (χ1v) is 14.2. The predicted octanol–water partition coefficient (Wildman–Crippen LogP) is 7.49. The van der Waals surface area contributed by atoms with Crippen LogP contribution in [0.3, 0.4) is 0 Å². The summed E-state index contributed by atoms with van der Waals surface area (Å²) in [5.74, 6) is 2.66. The van der Waals surface area contributed by atoms with Gasteiger partial charge in [0.15, 0.2) is 14.5 Å². The maximum absolute atomic E-state index is 14.1. The number of nitrogens with zero attached hydrogens (tertiary/aromatic N) is 2. The number of benzene rings is 2. The minimum Gasteiger partial charge on any atom is -0.411 e. The van der Waals surface area contributed by atoms with Crippen LogP contribution in [-0.2, 0) is 0 Å². The van der Waals surface area contributed by atoms with Crippen molar-refractivity contribution in [2.75, 3.05) is 0 Å². The van der Waals surface area contributed by atoms with E-state index >= 15 is 0 Å². The maximum Gasteiger partial charge on any atom is 0.169 e. The topological polar surface area (TPSA) is 117 Å². The summed E-state index contributed by atoms with van der Waals surface area (Å²) < 4.78 is 29.7. The summed E-state index contributed by atoms with van der Waals surface area (Å²) in [4.78, 5) is 13.8. The molecule has 0 amide bonds. The van der Waals surface area contributed by atoms with Crippen molar-refractivity contribution >= 4 is 54.9 Å². The summed E-state index contributed by atoms with van der Waals surface area (Å²) >= 11 is 0. The summed E-state index contributed by atoms with van der Waals surface area (Å²) in [6.07, 6.45) is 5.49. The van der Waals surface area contributed by atoms with Crippen LogP contribution in [0.4, 0.5) is 8.78 Å². The van der Waals surface area contributed by atoms with Gasteiger partial charge in [-0.05, 0) is 64.6 Å². The first kappa shape index (κ1) is 33.0. The lowest BCUT2D eigenvalue weighted by Gasteiger charge is -2.44. The number of H-pyrrole nitrogens is 1. The molecule has 0 aliphatic carbocycles. The molecule has 4 aromatic rings. The molecule has 0 aliphatic rings. The number of aromatic nitrogens is 2. The third-order valence-electron chi connectivity index (χ3n) is 6.99. The Morgan fingerprint density at radius 2 is 1.47 bits per heavy atom. The number of rotatable bonds is 6. The van der Waals surface area contributed by atoms with E-state index in [9.17, 15) is 13.6 Å². The van der Waals surface area contributed by atoms with Gasteiger partial charge in [-0.3, -0.25) is 4.79 Å². The number of halogens is 3. The molecule has 2 aromatic heterocycles. The highest BCUT2D eigenvalue weighted by Gasteiger charge is 2.45. The van der Waals surface area contributed by atoms with E-state index in [2.05, 4.69) is 68.0 Å². The van der Waals surface area contributed by atoms with E-state index in [0.717, 1.165) is 28.0 Å². The molecule has 0 fully saturated rings. The fourth-order valence-electron chi connectivity index (χ4n) is 5.69. The highest BCUT2D eigenvalue weighted by atomic mass is 35.5. The average Bonchev–Trinajstić information content (AvgIpc) is 3.47. The molecule has 0 saturated heterocycles. The Labute approximate surface area is 228 Å². The monoisotopic (exact) mass is 566 g/mol. The second kappa shape index (κ2) is 14.2. The smallest absolute Gasteiger partial charge is 0.169 e. The molecule has 11 heteroatoms. The van der Waals surface area contributed by atoms with Crippen LogP contribution < -0.4 is 5.90 Å². The highest BCUT2D eigenvalue weighted by molar-refractivity contribution is 6.82. The fourth-order valence-corrected chi connectivity index (χ4v) is 12.3. The van der Waals surface area contributed by atoms with E-state index in [0.29, 0.717) is 22.9 Å². The molecule has 208 valence electrons. The molecule has 0 aliphatic heterocycles. The highest BCUT2D eigenvalue weighted by Crippen LogP contribution is 2.44. The van der Waals surface area contributed by atoms with Crippen molar-refractivity contribution in [1.82, 2.24) is 9.22 Å². The molecule has 2 heterocycles. The Bertz CT molecular complexity index is 1350. The van der Waals surface area contributed by atoms with Crippen LogP contribution in [0.2, 0.25) is 16.6 Å². The van der Waals surface area contributed by atoms with Crippen molar-refractivity contribution in [3.8, 4) is 0 Å². The Hall–Kier alpha value is -3.05. The lowest BCUT2D eigenvalue weighted by molar-refractivity contribution is 0.112. The number of carbonyl (C=O) groups excluding carboxylic acids is 1. The summed E-state index contributed by atoms with van der Waals surface area (Å²) in [5, 5.41) is 19.4. The second-order valence-electron chi connectivity index (χ2n) is 9.77. The van der Waals surface area contributed by atoms with Gasteiger partial charge in [0.25, 0.3) is 0 Å². The molecule has 0 unspecified atom stereocenters. The van der Waals surface area contributed by atoms with E-state index in [1.54, 1.807) is 18.3 Å². The summed E-state index contributed by atoms with van der Waals surface area (Å²) in [7, 11) is -1.90. The summed E-state index contributed by atoms with van der Waals surface area (Å²) in [6.45, 7) is 13.7. The molecule has 0 spiro atoms. The van der Waals surface area contributed by atoms with E-state index in [-0.39, 0.29) is 23.5 Å². The Morgan fingerprint density at radius 1 is 0.921 bits per heavy atom. The zero-order chi connectivity index (χ0) is 27.9. The van der Waals surface area contributed by atoms with Crippen LogP contribution in [-0.4, -0.2) is 40.4 Å². The molecule has 0 bridgehead atoms. The molecule has 0 atom stereocenters. The van der Waals surface area contributed by atoms with Crippen LogP contribution in [0.1, 0.15) is 57.5 Å². The minimum atomic E-state index is -1.90. The van der Waals surface area contributed by atoms with Gasteiger partial charge in [0, 0.05) is 28.2 Å². The lowest BCUT2D eigenvalue weighted by Crippen LogP contribution is -2.51. The number of hydrogen-bond donors (Lipinski definition) is 4. The molecule has 4 rings (SSSR count). The molecule has 5 N–H and O–H groups in total. The molecular weight excluding hydrogens is 530 g/mol. The number of fused-ring (bicyclic) bond motifs is 2. The molecule has 0 radical (unpaired) electrons. The van der Waals surface area contributed by atoms with Crippen LogP contribution in [0.25, 0.3) is 21.8 Å². The molecule has 7 nitrogen and oxygen atoms in total. The average molecular weight is 567 g/mol. The van der Waals surface area contributed by atoms with Crippen LogP contribution in [0.5, 0.6) is 0 Å². The van der Waals surface area contributed by atoms with E-state index in [1.807, 2.05) is 12.1 Å². The molecular formula is C27H37ClF2N4O3Si. The quantitative estimate of drug-likeness (QED) is 0.0636. The standard InChI is InChI=1S/C18H26FNOSi.C9H7FN2O.ClH.H3NO/c1-12(2)22(13(3)4,14(5)6)20-8-7-15-9-16(11-21)17(19)10-18(15)20;10-8-4-9-6(1-2-11-9)3-7(8)5-12-13;;1-2/h7-14H,1-6H3;1-5,11,13H;1H;2H,1H2/b;12-5+;;. The van der Waals surface area contributed by atoms with Gasteiger partial charge in [-0.1, -0.05) is 46.7 Å². The fraction of sp³-hybridized carbons (Fsp3) is 0.333. The van der Waals surface area contributed by atoms with Gasteiger partial charge >= 0.3 is 0 Å². The Kier molecular flexibility index (Phi) is 12.3. The van der Waals surface area contributed by atoms with Gasteiger partial charge in [0.1, 0.15) is 11.6 Å². The first-order valence-electron chi connectivity index (χ1n) is 12.0. The third-order valence-corrected chi connectivity index (χ3v) is 13.8. The van der Waals surface area contributed by atoms with Gasteiger partial charge in [-0.2, -0.15) is 0 Å². The number of carbonyl (C=O) groups is 1. The van der Waals surface area contributed by atoms with Gasteiger partial charge in [0.05, 0.1) is 11.8 Å². The van der Waals surface area contributed by atoms with Crippen molar-refractivity contribution in [3.63, 3.8) is 0 Å². The van der Waals surface area contributed by atoms with Gasteiger partial charge in [-0.15, -0.1) is 12.4 Å². The molecule has 0 saturated carbocycles. The van der Waals surface area contributed by atoms with Gasteiger partial charge in [-0.25, -0.2) is 14.7 Å². The summed E-state index contributed by atoms with van der Waals surface area (Å²) in [5.41, 5.74) is 3.68. The van der Waals surface area contributed by atoms with Crippen molar-refractivity contribution in [1.29, 1.82) is 0 Å². The van der Waals surface area contributed by atoms with Crippen molar-refractivity contribution < 1.29 is 24.0 Å². The third kappa shape index (κ3) is 6.32. The zero-order valence-electron chi connectivity index (χ0n) is 22.4. The largest absolute Gasteiger partial charge is 0.411 e. The van der Waals surface area contributed by atoms with Crippen molar-refractivity contribution in [2.45, 2.75) is 58.2 Å². The maximum atomic E-state index is 14.1. The van der Waals surface area contributed by atoms with Crippen molar-refractivity contribution in [3.05, 3.63) is 71.6 Å². The van der Waals surface area contributed by atoms with Crippen LogP contribution in [0, 0.1) is 11.6 Å². The SMILES string of the molecule is CC(C)[Si](C(C)C)(C(C)C)n1ccc2cc(C=O)c(F)cc21.Cl.NO.O/N=C/c1cc2cc[nH]c2cc1F. The van der Waals surface area contributed by atoms with Crippen molar-refractivity contribution in [2.24, 2.45) is 11.1 Å². The number of aldehydes is 1. The van der Waals surface area contributed by atoms with E-state index in [1.165, 1.54) is 12.1 Å². The lowest BCUT2D eigenvalue weighted by atomic mass is 10.1. The number of hydrogen-bond acceptors (Lipinski definition) is 5. The molecule has 38 heavy (non-hydrogen) atoms. The van der Waals surface area contributed by atoms with Crippen LogP contribution in [0.15, 0.2) is 53.9 Å². The number of oxime groups is 1. The number of nitrogens with two attached hydrogens (primary N) is 1. The van der Waals surface area contributed by atoms with E-state index in [4.69, 9.17) is 10.4 Å². The second-order valence-corrected chi connectivity index (χ2v) is 15.5. The number of nitrogens with one attached hydrogen (secondary N) is 1. The first-order chi connectivity index (χ1) is 17.6. The Balaban J connectivity index is 0.000000385. The van der Waals surface area contributed by atoms with Crippen LogP contribution >= 0.6 is 12.4 Å². The predicted molar refractivity (Wildman–Crippen MR) is 155 cm³/mol. The van der Waals surface area contributed by atoms with E-state index < -0.39 is 19.9 Å². The van der Waals surface area contributed by atoms with Gasteiger partial charge in [0.2, 0.25) is 0 Å². The summed E-state index contributed by atoms with van der Waals surface area (Å²) in [6, 6.07) is 10.0. The normalized spacial score (nSPS) is 11.5. The number of aromatic amines is 1. The van der Waals surface area contributed by atoms with Gasteiger partial charge < -0.3 is 19.6 Å². The minimum absolute atomic E-state index is 0. The molecule has 2 aromatic carbocycles.